The van der Waals surface area contributed by atoms with Crippen molar-refractivity contribution in [3.63, 3.8) is 0 Å². The lowest BCUT2D eigenvalue weighted by atomic mass is 10.4. The number of methoxy groups -OCH3 is 1. The summed E-state index contributed by atoms with van der Waals surface area (Å²) in [6.07, 6.45) is 1.64. The van der Waals surface area contributed by atoms with E-state index in [4.69, 9.17) is 10.6 Å². The zero-order valence-electron chi connectivity index (χ0n) is 5.97. The maximum atomic E-state index is 5.17. The Morgan fingerprint density at radius 2 is 2.45 bits per heavy atom. The summed E-state index contributed by atoms with van der Waals surface area (Å²) in [5.41, 5.74) is 2.42. The molecule has 0 aromatic carbocycles. The van der Waals surface area contributed by atoms with Crippen LogP contribution in [0, 0.1) is 0 Å². The molecule has 1 aromatic heterocycles. The van der Waals surface area contributed by atoms with Crippen LogP contribution >= 0.6 is 15.9 Å². The summed E-state index contributed by atoms with van der Waals surface area (Å²) in [4.78, 5) is 3.96. The quantitative estimate of drug-likeness (QED) is 0.577. The topological polar surface area (TPSA) is 60.2 Å². The average molecular weight is 218 g/mol. The van der Waals surface area contributed by atoms with E-state index in [9.17, 15) is 0 Å². The van der Waals surface area contributed by atoms with Gasteiger partial charge >= 0.3 is 0 Å². The Bertz CT molecular complexity index is 254. The molecule has 60 valence electrons. The van der Waals surface area contributed by atoms with E-state index in [-0.39, 0.29) is 0 Å². The fourth-order valence-corrected chi connectivity index (χ4v) is 0.995. The fraction of sp³-hybridized carbons (Fsp3) is 0.167. The van der Waals surface area contributed by atoms with Crippen molar-refractivity contribution in [1.82, 2.24) is 4.98 Å². The van der Waals surface area contributed by atoms with Crippen molar-refractivity contribution in [2.45, 2.75) is 0 Å². The number of ether oxygens (including phenoxy) is 1. The number of hydrogen-bond donors (Lipinski definition) is 2. The van der Waals surface area contributed by atoms with E-state index < -0.39 is 0 Å². The number of aromatic nitrogens is 1. The van der Waals surface area contributed by atoms with Gasteiger partial charge in [-0.05, 0) is 22.0 Å². The smallest absolute Gasteiger partial charge is 0.183 e. The van der Waals surface area contributed by atoms with Crippen LogP contribution in [0.2, 0.25) is 0 Å². The van der Waals surface area contributed by atoms with E-state index in [0.717, 1.165) is 4.47 Å². The summed E-state index contributed by atoms with van der Waals surface area (Å²) in [6, 6.07) is 1.78. The first-order valence-corrected chi connectivity index (χ1v) is 3.73. The van der Waals surface area contributed by atoms with Gasteiger partial charge in [0.15, 0.2) is 11.6 Å². The van der Waals surface area contributed by atoms with E-state index in [2.05, 4.69) is 26.3 Å². The highest BCUT2D eigenvalue weighted by atomic mass is 79.9. The standard InChI is InChI=1S/C6H8BrN3O/c1-11-5-2-4(7)3-9-6(5)10-8/h2-3H,8H2,1H3,(H,9,10). The Morgan fingerprint density at radius 3 is 3.00 bits per heavy atom. The molecule has 5 heteroatoms. The third-order valence-corrected chi connectivity index (χ3v) is 1.61. The van der Waals surface area contributed by atoms with Crippen LogP contribution < -0.4 is 16.0 Å². The summed E-state index contributed by atoms with van der Waals surface area (Å²) in [5, 5.41) is 0. The lowest BCUT2D eigenvalue weighted by Gasteiger charge is -2.05. The highest BCUT2D eigenvalue weighted by Crippen LogP contribution is 2.23. The lowest BCUT2D eigenvalue weighted by Crippen LogP contribution is -2.09. The maximum absolute atomic E-state index is 5.17. The van der Waals surface area contributed by atoms with Gasteiger partial charge in [0.2, 0.25) is 0 Å². The summed E-state index contributed by atoms with van der Waals surface area (Å²) < 4.78 is 5.84. The first-order valence-electron chi connectivity index (χ1n) is 2.94. The Labute approximate surface area is 72.9 Å². The number of pyridine rings is 1. The van der Waals surface area contributed by atoms with Crippen LogP contribution in [0.1, 0.15) is 0 Å². The van der Waals surface area contributed by atoms with Gasteiger partial charge in [-0.25, -0.2) is 10.8 Å². The van der Waals surface area contributed by atoms with Crippen LogP contribution in [0.5, 0.6) is 5.75 Å². The summed E-state index contributed by atoms with van der Waals surface area (Å²) >= 11 is 3.26. The van der Waals surface area contributed by atoms with E-state index in [0.29, 0.717) is 11.6 Å². The fourth-order valence-electron chi connectivity index (χ4n) is 0.685. The molecular weight excluding hydrogens is 210 g/mol. The molecule has 3 N–H and O–H groups in total. The van der Waals surface area contributed by atoms with Crippen molar-refractivity contribution in [3.8, 4) is 5.75 Å². The number of hydrogen-bond acceptors (Lipinski definition) is 4. The first kappa shape index (κ1) is 8.29. The van der Waals surface area contributed by atoms with Gasteiger partial charge in [-0.3, -0.25) is 0 Å². The second-order valence-electron chi connectivity index (χ2n) is 1.85. The van der Waals surface area contributed by atoms with Gasteiger partial charge in [0, 0.05) is 10.7 Å². The van der Waals surface area contributed by atoms with Crippen LogP contribution in [-0.4, -0.2) is 12.1 Å². The third-order valence-electron chi connectivity index (χ3n) is 1.18. The Morgan fingerprint density at radius 1 is 1.73 bits per heavy atom. The molecule has 0 aliphatic rings. The zero-order chi connectivity index (χ0) is 8.27. The van der Waals surface area contributed by atoms with Crippen LogP contribution in [0.25, 0.3) is 0 Å². The zero-order valence-corrected chi connectivity index (χ0v) is 7.55. The van der Waals surface area contributed by atoms with Crippen LogP contribution in [0.3, 0.4) is 0 Å². The molecule has 11 heavy (non-hydrogen) atoms. The second-order valence-corrected chi connectivity index (χ2v) is 2.76. The Hall–Kier alpha value is -0.810. The number of nitrogens with zero attached hydrogens (tertiary/aromatic N) is 1. The Balaban J connectivity index is 3.06. The summed E-state index contributed by atoms with van der Waals surface area (Å²) in [7, 11) is 1.56. The van der Waals surface area contributed by atoms with Gasteiger partial charge in [-0.2, -0.15) is 0 Å². The Kier molecular flexibility index (Phi) is 2.67. The van der Waals surface area contributed by atoms with E-state index in [1.54, 1.807) is 19.4 Å². The molecule has 0 saturated heterocycles. The molecule has 0 unspecified atom stereocenters. The molecule has 0 amide bonds. The molecule has 0 spiro atoms. The van der Waals surface area contributed by atoms with Crippen molar-refractivity contribution >= 4 is 21.7 Å². The molecule has 0 radical (unpaired) electrons. The first-order chi connectivity index (χ1) is 5.27. The van der Waals surface area contributed by atoms with Gasteiger partial charge in [-0.1, -0.05) is 0 Å². The summed E-state index contributed by atoms with van der Waals surface area (Å²) in [6.45, 7) is 0. The van der Waals surface area contributed by atoms with E-state index >= 15 is 0 Å². The molecule has 4 nitrogen and oxygen atoms in total. The van der Waals surface area contributed by atoms with Crippen LogP contribution in [-0.2, 0) is 0 Å². The van der Waals surface area contributed by atoms with Gasteiger partial charge in [0.05, 0.1) is 7.11 Å². The minimum absolute atomic E-state index is 0.524. The molecule has 0 aliphatic carbocycles. The predicted octanol–water partition coefficient (Wildman–Crippen LogP) is 1.14. The third kappa shape index (κ3) is 1.81. The molecule has 0 bridgehead atoms. The number of nitrogens with two attached hydrogens (primary N) is 1. The number of halogens is 1. The minimum atomic E-state index is 0.524. The number of nitrogens with one attached hydrogen (secondary N) is 1. The van der Waals surface area contributed by atoms with Crippen molar-refractivity contribution in [3.05, 3.63) is 16.7 Å². The average Bonchev–Trinajstić information content (AvgIpc) is 2.04. The summed E-state index contributed by atoms with van der Waals surface area (Å²) in [5.74, 6) is 6.31. The molecule has 1 aromatic rings. The van der Waals surface area contributed by atoms with E-state index in [1.165, 1.54) is 0 Å². The molecular formula is C6H8BrN3O. The molecule has 0 saturated carbocycles. The normalized spacial score (nSPS) is 9.36. The van der Waals surface area contributed by atoms with Crippen molar-refractivity contribution < 1.29 is 4.74 Å². The van der Waals surface area contributed by atoms with Gasteiger partial charge in [0.25, 0.3) is 0 Å². The lowest BCUT2D eigenvalue weighted by molar-refractivity contribution is 0.414. The van der Waals surface area contributed by atoms with Crippen molar-refractivity contribution in [2.75, 3.05) is 12.5 Å². The number of nitrogen functional groups attached to an aromatic ring is 1. The number of hydrazine groups is 1. The molecule has 0 fully saturated rings. The van der Waals surface area contributed by atoms with Gasteiger partial charge in [0.1, 0.15) is 0 Å². The van der Waals surface area contributed by atoms with Gasteiger partial charge < -0.3 is 10.2 Å². The SMILES string of the molecule is COc1cc(Br)cnc1NN. The number of rotatable bonds is 2. The minimum Gasteiger partial charge on any atom is -0.493 e. The van der Waals surface area contributed by atoms with Crippen LogP contribution in [0.15, 0.2) is 16.7 Å². The molecule has 1 heterocycles. The maximum Gasteiger partial charge on any atom is 0.183 e. The van der Waals surface area contributed by atoms with Crippen molar-refractivity contribution in [2.24, 2.45) is 5.84 Å². The molecule has 0 atom stereocenters. The highest BCUT2D eigenvalue weighted by Gasteiger charge is 2.01. The van der Waals surface area contributed by atoms with Gasteiger partial charge in [-0.15, -0.1) is 0 Å². The highest BCUT2D eigenvalue weighted by molar-refractivity contribution is 9.10. The molecule has 1 rings (SSSR count). The van der Waals surface area contributed by atoms with Crippen molar-refractivity contribution in [1.29, 1.82) is 0 Å². The largest absolute Gasteiger partial charge is 0.493 e. The van der Waals surface area contributed by atoms with Crippen LogP contribution in [0.4, 0.5) is 5.82 Å². The molecule has 0 aliphatic heterocycles. The second kappa shape index (κ2) is 3.54. The number of anilines is 1. The van der Waals surface area contributed by atoms with E-state index in [1.807, 2.05) is 0 Å². The monoisotopic (exact) mass is 217 g/mol. The predicted molar refractivity (Wildman–Crippen MR) is 46.3 cm³/mol.